The molecule has 0 bridgehead atoms. The molecule has 0 saturated carbocycles. The van der Waals surface area contributed by atoms with E-state index in [-0.39, 0.29) is 29.2 Å². The van der Waals surface area contributed by atoms with Crippen LogP contribution < -0.4 is 4.31 Å². The van der Waals surface area contributed by atoms with Crippen molar-refractivity contribution in [3.8, 4) is 11.1 Å². The van der Waals surface area contributed by atoms with Gasteiger partial charge >= 0.3 is 5.97 Å². The molecule has 0 N–H and O–H groups in total. The normalized spacial score (nSPS) is 17.8. The van der Waals surface area contributed by atoms with E-state index in [4.69, 9.17) is 4.74 Å². The minimum Gasteiger partial charge on any atom is -0.469 e. The number of rotatable bonds is 3. The van der Waals surface area contributed by atoms with E-state index in [0.29, 0.717) is 37.2 Å². The molecule has 1 amide bonds. The van der Waals surface area contributed by atoms with E-state index in [9.17, 15) is 18.0 Å². The molecule has 0 aromatic heterocycles. The van der Waals surface area contributed by atoms with Crippen LogP contribution in [-0.2, 0) is 24.3 Å². The third-order valence-electron chi connectivity index (χ3n) is 5.83. The summed E-state index contributed by atoms with van der Waals surface area (Å²) in [6.07, 6.45) is 1.04. The molecule has 4 rings (SSSR count). The van der Waals surface area contributed by atoms with Crippen LogP contribution >= 0.6 is 0 Å². The van der Waals surface area contributed by atoms with Crippen molar-refractivity contribution in [1.29, 1.82) is 0 Å². The number of ether oxygens (including phenoxy) is 1. The molecule has 1 fully saturated rings. The molecule has 2 aliphatic heterocycles. The Balaban J connectivity index is 1.62. The van der Waals surface area contributed by atoms with Gasteiger partial charge in [-0.3, -0.25) is 13.9 Å². The van der Waals surface area contributed by atoms with Crippen LogP contribution in [-0.4, -0.2) is 51.9 Å². The molecule has 30 heavy (non-hydrogen) atoms. The molecule has 1 saturated heterocycles. The first kappa shape index (κ1) is 20.4. The highest BCUT2D eigenvalue weighted by Gasteiger charge is 2.37. The van der Waals surface area contributed by atoms with Crippen LogP contribution in [0.1, 0.15) is 18.4 Å². The van der Waals surface area contributed by atoms with Crippen molar-refractivity contribution in [2.45, 2.75) is 24.7 Å². The van der Waals surface area contributed by atoms with Crippen LogP contribution in [0.15, 0.2) is 47.4 Å². The number of piperidine rings is 1. The van der Waals surface area contributed by atoms with Crippen molar-refractivity contribution in [2.24, 2.45) is 5.92 Å². The number of sulfonamides is 1. The van der Waals surface area contributed by atoms with Crippen molar-refractivity contribution in [3.63, 3.8) is 0 Å². The molecule has 0 atom stereocenters. The Morgan fingerprint density at radius 3 is 2.47 bits per heavy atom. The lowest BCUT2D eigenvalue weighted by atomic mass is 9.97. The van der Waals surface area contributed by atoms with Gasteiger partial charge in [0, 0.05) is 24.2 Å². The zero-order valence-electron chi connectivity index (χ0n) is 17.0. The fourth-order valence-electron chi connectivity index (χ4n) is 4.17. The third kappa shape index (κ3) is 3.45. The van der Waals surface area contributed by atoms with Gasteiger partial charge in [0.1, 0.15) is 6.54 Å². The highest BCUT2D eigenvalue weighted by atomic mass is 32.2. The van der Waals surface area contributed by atoms with Gasteiger partial charge in [0.15, 0.2) is 0 Å². The van der Waals surface area contributed by atoms with Crippen molar-refractivity contribution in [2.75, 3.05) is 31.0 Å². The molecular weight excluding hydrogens is 404 g/mol. The lowest BCUT2D eigenvalue weighted by Crippen LogP contribution is -2.47. The summed E-state index contributed by atoms with van der Waals surface area (Å²) < 4.78 is 32.7. The third-order valence-corrected chi connectivity index (χ3v) is 7.64. The molecule has 158 valence electrons. The first-order chi connectivity index (χ1) is 14.3. The Morgan fingerprint density at radius 1 is 1.07 bits per heavy atom. The van der Waals surface area contributed by atoms with Gasteiger partial charge in [-0.15, -0.1) is 0 Å². The number of nitrogens with zero attached hydrogens (tertiary/aromatic N) is 2. The molecular formula is C22H24N2O5S. The van der Waals surface area contributed by atoms with E-state index < -0.39 is 10.0 Å². The van der Waals surface area contributed by atoms with Gasteiger partial charge in [0.25, 0.3) is 10.0 Å². The smallest absolute Gasteiger partial charge is 0.308 e. The van der Waals surface area contributed by atoms with Crippen LogP contribution in [0.25, 0.3) is 11.1 Å². The van der Waals surface area contributed by atoms with Crippen LogP contribution in [0.3, 0.4) is 0 Å². The van der Waals surface area contributed by atoms with Crippen LogP contribution in [0, 0.1) is 12.8 Å². The molecule has 0 spiro atoms. The maximum Gasteiger partial charge on any atom is 0.308 e. The van der Waals surface area contributed by atoms with E-state index in [1.165, 1.54) is 11.4 Å². The molecule has 0 radical (unpaired) electrons. The summed E-state index contributed by atoms with van der Waals surface area (Å²) >= 11 is 0. The van der Waals surface area contributed by atoms with Crippen LogP contribution in [0.4, 0.5) is 5.69 Å². The second kappa shape index (κ2) is 7.75. The summed E-state index contributed by atoms with van der Waals surface area (Å²) in [6.45, 7) is 2.50. The number of esters is 1. The van der Waals surface area contributed by atoms with Gasteiger partial charge in [-0.1, -0.05) is 29.8 Å². The van der Waals surface area contributed by atoms with Crippen LogP contribution in [0.5, 0.6) is 0 Å². The summed E-state index contributed by atoms with van der Waals surface area (Å²) in [6, 6.07) is 12.4. The number of aryl methyl sites for hydroxylation is 1. The number of carbonyl (C=O) groups is 2. The molecule has 7 nitrogen and oxygen atoms in total. The Morgan fingerprint density at radius 2 is 1.77 bits per heavy atom. The van der Waals surface area contributed by atoms with E-state index in [2.05, 4.69) is 0 Å². The van der Waals surface area contributed by atoms with E-state index >= 15 is 0 Å². The fraction of sp³-hybridized carbons (Fsp3) is 0.364. The number of methoxy groups -OCH3 is 1. The Kier molecular flexibility index (Phi) is 5.27. The summed E-state index contributed by atoms with van der Waals surface area (Å²) in [4.78, 5) is 26.5. The second-order valence-electron chi connectivity index (χ2n) is 7.71. The summed E-state index contributed by atoms with van der Waals surface area (Å²) in [5, 5.41) is 0. The Bertz CT molecular complexity index is 1100. The predicted octanol–water partition coefficient (Wildman–Crippen LogP) is 2.58. The standard InChI is InChI=1S/C22H24N2O5S/c1-15-7-8-19-18(13-15)17-5-3-4-6-20(17)30(27,28)24(19)14-21(25)23-11-9-16(10-12-23)22(26)29-2/h3-8,13,16H,9-12,14H2,1-2H3. The minimum absolute atomic E-state index is 0.209. The van der Waals surface area contributed by atoms with Gasteiger partial charge < -0.3 is 9.64 Å². The Labute approximate surface area is 176 Å². The van der Waals surface area contributed by atoms with Crippen molar-refractivity contribution >= 4 is 27.6 Å². The van der Waals surface area contributed by atoms with Crippen molar-refractivity contribution in [3.05, 3.63) is 48.0 Å². The molecule has 0 aliphatic carbocycles. The number of amides is 1. The number of likely N-dealkylation sites (tertiary alicyclic amines) is 1. The second-order valence-corrected chi connectivity index (χ2v) is 9.54. The van der Waals surface area contributed by atoms with Crippen molar-refractivity contribution < 1.29 is 22.7 Å². The Hall–Kier alpha value is -2.87. The summed E-state index contributed by atoms with van der Waals surface area (Å²) in [5.74, 6) is -0.747. The van der Waals surface area contributed by atoms with Gasteiger partial charge in [-0.2, -0.15) is 0 Å². The predicted molar refractivity (Wildman–Crippen MR) is 112 cm³/mol. The SMILES string of the molecule is COC(=O)C1CCN(C(=O)CN2c3ccc(C)cc3-c3ccccc3S2(=O)=O)CC1. The number of hydrogen-bond donors (Lipinski definition) is 0. The fourth-order valence-corrected chi connectivity index (χ4v) is 5.81. The monoisotopic (exact) mass is 428 g/mol. The molecule has 8 heteroatoms. The first-order valence-corrected chi connectivity index (χ1v) is 11.4. The quantitative estimate of drug-likeness (QED) is 0.702. The largest absolute Gasteiger partial charge is 0.469 e. The van der Waals surface area contributed by atoms with Crippen molar-refractivity contribution in [1.82, 2.24) is 4.90 Å². The minimum atomic E-state index is -3.86. The summed E-state index contributed by atoms with van der Waals surface area (Å²) in [7, 11) is -2.50. The first-order valence-electron chi connectivity index (χ1n) is 9.91. The molecule has 2 aromatic rings. The van der Waals surface area contributed by atoms with Crippen LogP contribution in [0.2, 0.25) is 0 Å². The van der Waals surface area contributed by atoms with Gasteiger partial charge in [0.2, 0.25) is 5.91 Å². The van der Waals surface area contributed by atoms with E-state index in [0.717, 1.165) is 11.1 Å². The topological polar surface area (TPSA) is 84.0 Å². The van der Waals surface area contributed by atoms with E-state index in [1.54, 1.807) is 29.2 Å². The molecule has 2 aromatic carbocycles. The number of anilines is 1. The highest BCUT2D eigenvalue weighted by molar-refractivity contribution is 7.93. The van der Waals surface area contributed by atoms with Gasteiger partial charge in [-0.05, 0) is 38.0 Å². The molecule has 2 heterocycles. The highest BCUT2D eigenvalue weighted by Crippen LogP contribution is 2.43. The summed E-state index contributed by atoms with van der Waals surface area (Å²) in [5.41, 5.74) is 2.98. The maximum absolute atomic E-state index is 13.3. The number of carbonyl (C=O) groups excluding carboxylic acids is 2. The zero-order valence-corrected chi connectivity index (χ0v) is 17.8. The van der Waals surface area contributed by atoms with Gasteiger partial charge in [0.05, 0.1) is 23.6 Å². The van der Waals surface area contributed by atoms with E-state index in [1.807, 2.05) is 25.1 Å². The van der Waals surface area contributed by atoms with Gasteiger partial charge in [-0.25, -0.2) is 8.42 Å². The molecule has 0 unspecified atom stereocenters. The average Bonchev–Trinajstić information content (AvgIpc) is 2.76. The lowest BCUT2D eigenvalue weighted by Gasteiger charge is -2.35. The zero-order chi connectivity index (χ0) is 21.5. The number of benzene rings is 2. The maximum atomic E-state index is 13.3. The average molecular weight is 429 g/mol. The number of hydrogen-bond acceptors (Lipinski definition) is 5. The lowest BCUT2D eigenvalue weighted by molar-refractivity contribution is -0.148. The molecule has 2 aliphatic rings. The number of fused-ring (bicyclic) bond motifs is 3.